The molecule has 3 nitrogen and oxygen atoms in total. The van der Waals surface area contributed by atoms with Crippen LogP contribution in [0.3, 0.4) is 0 Å². The molecule has 0 saturated heterocycles. The Morgan fingerprint density at radius 1 is 0.950 bits per heavy atom. The minimum atomic E-state index is 0.414. The lowest BCUT2D eigenvalue weighted by atomic mass is 9.42. The van der Waals surface area contributed by atoms with Gasteiger partial charge in [0.1, 0.15) is 0 Å². The first-order valence-corrected chi connectivity index (χ1v) is 17.3. The zero-order valence-corrected chi connectivity index (χ0v) is 27.5. The van der Waals surface area contributed by atoms with Gasteiger partial charge < -0.3 is 16.4 Å². The highest BCUT2D eigenvalue weighted by molar-refractivity contribution is 5.39. The predicted molar refractivity (Wildman–Crippen MR) is 174 cm³/mol. The Morgan fingerprint density at radius 3 is 2.35 bits per heavy atom. The van der Waals surface area contributed by atoms with Crippen LogP contribution in [0.4, 0.5) is 0 Å². The molecule has 4 N–H and O–H groups in total. The second kappa shape index (κ2) is 13.5. The fourth-order valence-corrected chi connectivity index (χ4v) is 10.5. The number of nitrogens with one attached hydrogen (secondary N) is 2. The van der Waals surface area contributed by atoms with Crippen LogP contribution in [0.2, 0.25) is 0 Å². The van der Waals surface area contributed by atoms with E-state index in [2.05, 4.69) is 71.8 Å². The van der Waals surface area contributed by atoms with Crippen molar-refractivity contribution in [1.82, 2.24) is 10.6 Å². The van der Waals surface area contributed by atoms with Gasteiger partial charge in [0.15, 0.2) is 0 Å². The largest absolute Gasteiger partial charge is 0.385 e. The molecule has 0 amide bonds. The average molecular weight is 552 g/mol. The third-order valence-corrected chi connectivity index (χ3v) is 12.6. The van der Waals surface area contributed by atoms with Crippen molar-refractivity contribution in [2.45, 2.75) is 132 Å². The Morgan fingerprint density at radius 2 is 1.62 bits per heavy atom. The van der Waals surface area contributed by atoms with Crippen molar-refractivity contribution in [3.63, 3.8) is 0 Å². The zero-order chi connectivity index (χ0) is 29.1. The van der Waals surface area contributed by atoms with Crippen LogP contribution in [0.1, 0.15) is 126 Å². The van der Waals surface area contributed by atoms with Crippen LogP contribution < -0.4 is 16.4 Å². The first-order valence-electron chi connectivity index (χ1n) is 17.3. The van der Waals surface area contributed by atoms with Crippen molar-refractivity contribution >= 4 is 0 Å². The third kappa shape index (κ3) is 6.31. The summed E-state index contributed by atoms with van der Waals surface area (Å²) in [5, 5.41) is 7.40. The van der Waals surface area contributed by atoms with Gasteiger partial charge in [0.2, 0.25) is 0 Å². The van der Waals surface area contributed by atoms with E-state index in [0.717, 1.165) is 62.6 Å². The molecule has 4 aliphatic rings. The smallest absolute Gasteiger partial charge is 0.0299 e. The summed E-state index contributed by atoms with van der Waals surface area (Å²) in [5.41, 5.74) is 13.6. The maximum absolute atomic E-state index is 6.62. The Hall–Kier alpha value is -1.06. The average Bonchev–Trinajstić information content (AvgIpc) is 3.18. The topological polar surface area (TPSA) is 50.1 Å². The van der Waals surface area contributed by atoms with Gasteiger partial charge in [-0.3, -0.25) is 0 Å². The fraction of sp³-hybridized carbons (Fsp3) is 0.838. The number of allylic oxidation sites excluding steroid dienone is 4. The molecule has 0 radical (unpaired) electrons. The second-order valence-electron chi connectivity index (χ2n) is 15.3. The lowest BCUT2D eigenvalue weighted by Gasteiger charge is -2.63. The van der Waals surface area contributed by atoms with Crippen LogP contribution in [-0.4, -0.2) is 25.7 Å². The predicted octanol–water partition coefficient (Wildman–Crippen LogP) is 8.77. The van der Waals surface area contributed by atoms with Crippen molar-refractivity contribution < 1.29 is 0 Å². The SMILES string of the molecule is C=C(NCCCNCCCC)/C(CCC=C(C)C)=C1\C(C)CC2(C)C1CCC1C2CCC2C(C)C(N)CCC21C. The molecule has 9 atom stereocenters. The Balaban J connectivity index is 1.54. The molecule has 4 saturated carbocycles. The molecule has 0 spiro atoms. The molecule has 228 valence electrons. The van der Waals surface area contributed by atoms with E-state index in [4.69, 9.17) is 5.73 Å². The van der Waals surface area contributed by atoms with Gasteiger partial charge in [-0.1, -0.05) is 64.8 Å². The monoisotopic (exact) mass is 552 g/mol. The first kappa shape index (κ1) is 31.9. The minimum absolute atomic E-state index is 0.414. The third-order valence-electron chi connectivity index (χ3n) is 12.6. The maximum Gasteiger partial charge on any atom is 0.0299 e. The van der Waals surface area contributed by atoms with E-state index >= 15 is 0 Å². The summed E-state index contributed by atoms with van der Waals surface area (Å²) in [6.07, 6.45) is 17.9. The summed E-state index contributed by atoms with van der Waals surface area (Å²) in [6, 6.07) is 0.414. The van der Waals surface area contributed by atoms with E-state index in [1.165, 1.54) is 69.1 Å². The fourth-order valence-electron chi connectivity index (χ4n) is 10.5. The van der Waals surface area contributed by atoms with Crippen molar-refractivity contribution in [2.24, 2.45) is 52.1 Å². The highest BCUT2D eigenvalue weighted by Crippen LogP contribution is 2.70. The van der Waals surface area contributed by atoms with Gasteiger partial charge in [0.25, 0.3) is 0 Å². The van der Waals surface area contributed by atoms with Gasteiger partial charge in [-0.2, -0.15) is 0 Å². The minimum Gasteiger partial charge on any atom is -0.385 e. The zero-order valence-electron chi connectivity index (χ0n) is 27.5. The van der Waals surface area contributed by atoms with Crippen LogP contribution in [-0.2, 0) is 0 Å². The summed E-state index contributed by atoms with van der Waals surface area (Å²) in [5.74, 6) is 4.64. The van der Waals surface area contributed by atoms with Crippen LogP contribution in [0.15, 0.2) is 35.1 Å². The second-order valence-corrected chi connectivity index (χ2v) is 15.3. The number of fused-ring (bicyclic) bond motifs is 5. The van der Waals surface area contributed by atoms with Gasteiger partial charge in [0, 0.05) is 18.3 Å². The Kier molecular flexibility index (Phi) is 10.8. The number of hydrogen-bond donors (Lipinski definition) is 3. The molecule has 4 aliphatic carbocycles. The van der Waals surface area contributed by atoms with Crippen LogP contribution in [0, 0.1) is 46.3 Å². The number of rotatable bonds is 12. The van der Waals surface area contributed by atoms with Crippen LogP contribution in [0.5, 0.6) is 0 Å². The molecule has 40 heavy (non-hydrogen) atoms. The highest BCUT2D eigenvalue weighted by Gasteiger charge is 2.62. The van der Waals surface area contributed by atoms with E-state index in [-0.39, 0.29) is 0 Å². The van der Waals surface area contributed by atoms with Gasteiger partial charge in [-0.15, -0.1) is 0 Å². The van der Waals surface area contributed by atoms with E-state index in [1.807, 2.05) is 0 Å². The van der Waals surface area contributed by atoms with Gasteiger partial charge in [-0.05, 0) is 149 Å². The van der Waals surface area contributed by atoms with E-state index in [9.17, 15) is 0 Å². The lowest BCUT2D eigenvalue weighted by Crippen LogP contribution is -2.57. The summed E-state index contributed by atoms with van der Waals surface area (Å²) >= 11 is 0. The molecular formula is C37H65N3. The van der Waals surface area contributed by atoms with Crippen LogP contribution >= 0.6 is 0 Å². The lowest BCUT2D eigenvalue weighted by molar-refractivity contribution is -0.131. The van der Waals surface area contributed by atoms with Crippen molar-refractivity contribution in [3.05, 3.63) is 35.1 Å². The van der Waals surface area contributed by atoms with Crippen molar-refractivity contribution in [3.8, 4) is 0 Å². The van der Waals surface area contributed by atoms with E-state index in [1.54, 1.807) is 11.1 Å². The summed E-state index contributed by atoms with van der Waals surface area (Å²) in [4.78, 5) is 0. The molecule has 9 unspecified atom stereocenters. The van der Waals surface area contributed by atoms with E-state index < -0.39 is 0 Å². The number of nitrogens with two attached hydrogens (primary N) is 1. The van der Waals surface area contributed by atoms with Gasteiger partial charge in [-0.25, -0.2) is 0 Å². The quantitative estimate of drug-likeness (QED) is 0.168. The molecule has 0 bridgehead atoms. The Bertz CT molecular complexity index is 928. The summed E-state index contributed by atoms with van der Waals surface area (Å²) < 4.78 is 0. The number of hydrogen-bond acceptors (Lipinski definition) is 3. The standard InChI is InChI=1S/C37H65N3/c1-9-10-21-39-22-12-23-40-28(6)29(14-11-13-25(2)3)35-26(4)24-37(8)32-16-15-30-27(5)34(38)19-20-36(30,7)31(32)17-18-33(35)37/h13,26-27,30-34,39-40H,6,9-12,14-24,38H2,1-5,7-8H3/b35-29+. The van der Waals surface area contributed by atoms with E-state index in [0.29, 0.717) is 28.7 Å². The van der Waals surface area contributed by atoms with Crippen LogP contribution in [0.25, 0.3) is 0 Å². The van der Waals surface area contributed by atoms with Gasteiger partial charge in [0.05, 0.1) is 0 Å². The molecule has 0 aromatic carbocycles. The molecule has 4 fully saturated rings. The molecule has 0 aromatic heterocycles. The van der Waals surface area contributed by atoms with Crippen molar-refractivity contribution in [1.29, 1.82) is 0 Å². The molecule has 0 heterocycles. The molecule has 3 heteroatoms. The molecule has 4 rings (SSSR count). The van der Waals surface area contributed by atoms with Crippen molar-refractivity contribution in [2.75, 3.05) is 19.6 Å². The maximum atomic E-state index is 6.62. The molecular weight excluding hydrogens is 486 g/mol. The summed E-state index contributed by atoms with van der Waals surface area (Å²) in [6.45, 7) is 25.1. The number of unbranched alkanes of at least 4 members (excludes halogenated alkanes) is 1. The highest BCUT2D eigenvalue weighted by atomic mass is 14.9. The summed E-state index contributed by atoms with van der Waals surface area (Å²) in [7, 11) is 0. The molecule has 0 aliphatic heterocycles. The Labute approximate surface area is 248 Å². The molecule has 0 aromatic rings. The normalized spacial score (nSPS) is 40.0. The van der Waals surface area contributed by atoms with Gasteiger partial charge >= 0.3 is 0 Å². The first-order chi connectivity index (χ1) is 19.0.